The lowest BCUT2D eigenvalue weighted by molar-refractivity contribution is 0.390. The van der Waals surface area contributed by atoms with Crippen LogP contribution in [-0.4, -0.2) is 39.0 Å². The van der Waals surface area contributed by atoms with Gasteiger partial charge in [0, 0.05) is 24.7 Å². The molecule has 154 valence electrons. The maximum Gasteiger partial charge on any atom is 0.247 e. The van der Waals surface area contributed by atoms with Crippen molar-refractivity contribution in [3.05, 3.63) is 46.9 Å². The molecule has 3 aromatic rings. The summed E-state index contributed by atoms with van der Waals surface area (Å²) in [5.74, 6) is 0.663. The van der Waals surface area contributed by atoms with Crippen LogP contribution in [0.1, 0.15) is 42.9 Å². The van der Waals surface area contributed by atoms with Gasteiger partial charge in [-0.2, -0.15) is 9.40 Å². The van der Waals surface area contributed by atoms with E-state index in [2.05, 4.69) is 20.4 Å². The molecular weight excluding hydrogens is 408 g/mol. The molecule has 0 aromatic carbocycles. The number of nitrogens with one attached hydrogen (secondary N) is 1. The quantitative estimate of drug-likeness (QED) is 0.639. The second-order valence-electron chi connectivity index (χ2n) is 7.07. The number of hydrogen-bond acceptors (Lipinski definition) is 7. The van der Waals surface area contributed by atoms with E-state index in [1.54, 1.807) is 22.1 Å². The van der Waals surface area contributed by atoms with E-state index in [0.29, 0.717) is 24.6 Å². The summed E-state index contributed by atoms with van der Waals surface area (Å²) >= 11 is 1.51. The highest BCUT2D eigenvalue weighted by Gasteiger charge is 2.38. The zero-order valence-electron chi connectivity index (χ0n) is 16.7. The first-order valence-electron chi connectivity index (χ1n) is 9.60. The molecule has 1 saturated heterocycles. The number of hydrogen-bond donors (Lipinski definition) is 1. The van der Waals surface area contributed by atoms with Crippen LogP contribution in [0.25, 0.3) is 0 Å². The molecule has 1 N–H and O–H groups in total. The van der Waals surface area contributed by atoms with Crippen LogP contribution in [0.15, 0.2) is 34.7 Å². The highest BCUT2D eigenvalue weighted by atomic mass is 32.2. The van der Waals surface area contributed by atoms with Crippen LogP contribution >= 0.6 is 11.3 Å². The van der Waals surface area contributed by atoms with Gasteiger partial charge in [-0.15, -0.1) is 11.3 Å². The van der Waals surface area contributed by atoms with Crippen LogP contribution in [0.5, 0.6) is 0 Å². The number of sulfonamides is 1. The minimum absolute atomic E-state index is 0.277. The Bertz CT molecular complexity index is 1120. The van der Waals surface area contributed by atoms with Crippen molar-refractivity contribution >= 4 is 32.3 Å². The van der Waals surface area contributed by atoms with E-state index in [-0.39, 0.29) is 10.9 Å². The molecule has 1 aliphatic rings. The van der Waals surface area contributed by atoms with Crippen molar-refractivity contribution in [2.24, 2.45) is 0 Å². The third-order valence-electron chi connectivity index (χ3n) is 4.98. The second kappa shape index (κ2) is 7.85. The molecule has 0 radical (unpaired) electrons. The van der Waals surface area contributed by atoms with Gasteiger partial charge < -0.3 is 5.32 Å². The molecule has 0 amide bonds. The summed E-state index contributed by atoms with van der Waals surface area (Å²) in [4.78, 5) is 9.36. The van der Waals surface area contributed by atoms with Crippen molar-refractivity contribution in [3.8, 4) is 0 Å². The van der Waals surface area contributed by atoms with Crippen LogP contribution in [0.2, 0.25) is 0 Å². The summed E-state index contributed by atoms with van der Waals surface area (Å²) in [5, 5.41) is 10.3. The van der Waals surface area contributed by atoms with Gasteiger partial charge in [0.2, 0.25) is 10.0 Å². The van der Waals surface area contributed by atoms with E-state index in [9.17, 15) is 8.42 Å². The molecule has 29 heavy (non-hydrogen) atoms. The van der Waals surface area contributed by atoms with E-state index in [0.717, 1.165) is 29.4 Å². The monoisotopic (exact) mass is 432 g/mol. The van der Waals surface area contributed by atoms with Crippen molar-refractivity contribution in [1.82, 2.24) is 24.1 Å². The Balaban J connectivity index is 1.63. The first-order valence-corrected chi connectivity index (χ1v) is 11.9. The Morgan fingerprint density at radius 1 is 1.28 bits per heavy atom. The summed E-state index contributed by atoms with van der Waals surface area (Å²) < 4.78 is 30.0. The summed E-state index contributed by atoms with van der Waals surface area (Å²) in [5.41, 5.74) is 2.22. The highest BCUT2D eigenvalue weighted by Crippen LogP contribution is 2.37. The molecular formula is C19H24N6O2S2. The number of aromatic nitrogens is 4. The Morgan fingerprint density at radius 2 is 2.10 bits per heavy atom. The number of nitrogens with zero attached hydrogens (tertiary/aromatic N) is 5. The summed E-state index contributed by atoms with van der Waals surface area (Å²) in [7, 11) is -3.65. The predicted molar refractivity (Wildman–Crippen MR) is 113 cm³/mol. The zero-order valence-corrected chi connectivity index (χ0v) is 18.3. The fourth-order valence-corrected chi connectivity index (χ4v) is 6.13. The van der Waals surface area contributed by atoms with Gasteiger partial charge in [-0.25, -0.2) is 18.4 Å². The number of anilines is 2. The molecule has 0 saturated carbocycles. The number of aryl methyl sites for hydroxylation is 3. The SMILES string of the molecule is CCn1cc(S(=O)(=O)N2CCC[C@@H]2c2cccc(Nc3nc(C)cs3)n2)c(C)n1. The van der Waals surface area contributed by atoms with Crippen LogP contribution < -0.4 is 5.32 Å². The van der Waals surface area contributed by atoms with Gasteiger partial charge in [-0.1, -0.05) is 6.07 Å². The third kappa shape index (κ3) is 3.92. The Labute approximate surface area is 174 Å². The number of thiazole rings is 1. The van der Waals surface area contributed by atoms with E-state index in [1.165, 1.54) is 11.3 Å². The van der Waals surface area contributed by atoms with Crippen LogP contribution in [0, 0.1) is 13.8 Å². The van der Waals surface area contributed by atoms with Gasteiger partial charge in [-0.05, 0) is 45.7 Å². The van der Waals surface area contributed by atoms with Gasteiger partial charge in [-0.3, -0.25) is 4.68 Å². The fourth-order valence-electron chi connectivity index (χ4n) is 3.59. The largest absolute Gasteiger partial charge is 0.316 e. The highest BCUT2D eigenvalue weighted by molar-refractivity contribution is 7.89. The summed E-state index contributed by atoms with van der Waals surface area (Å²) in [6, 6.07) is 5.36. The first kappa shape index (κ1) is 20.0. The van der Waals surface area contributed by atoms with Gasteiger partial charge in [0.25, 0.3) is 0 Å². The summed E-state index contributed by atoms with van der Waals surface area (Å²) in [6.07, 6.45) is 3.17. The topological polar surface area (TPSA) is 93.0 Å². The zero-order chi connectivity index (χ0) is 20.6. The Hall–Kier alpha value is -2.30. The third-order valence-corrected chi connectivity index (χ3v) is 7.87. The van der Waals surface area contributed by atoms with E-state index in [4.69, 9.17) is 0 Å². The van der Waals surface area contributed by atoms with Crippen LogP contribution in [-0.2, 0) is 16.6 Å². The predicted octanol–water partition coefficient (Wildman–Crippen LogP) is 3.64. The van der Waals surface area contributed by atoms with Crippen LogP contribution in [0.3, 0.4) is 0 Å². The molecule has 1 fully saturated rings. The minimum atomic E-state index is -3.65. The molecule has 0 aliphatic carbocycles. The maximum atomic E-state index is 13.4. The lowest BCUT2D eigenvalue weighted by atomic mass is 10.1. The van der Waals surface area contributed by atoms with Crippen molar-refractivity contribution in [1.29, 1.82) is 0 Å². The molecule has 1 aliphatic heterocycles. The van der Waals surface area contributed by atoms with E-state index in [1.807, 2.05) is 37.4 Å². The normalized spacial score (nSPS) is 17.7. The molecule has 8 nitrogen and oxygen atoms in total. The average Bonchev–Trinajstić information content (AvgIpc) is 3.42. The van der Waals surface area contributed by atoms with Crippen molar-refractivity contribution < 1.29 is 8.42 Å². The minimum Gasteiger partial charge on any atom is -0.316 e. The van der Waals surface area contributed by atoms with Gasteiger partial charge in [0.05, 0.1) is 23.1 Å². The van der Waals surface area contributed by atoms with E-state index < -0.39 is 10.0 Å². The molecule has 0 bridgehead atoms. The summed E-state index contributed by atoms with van der Waals surface area (Å²) in [6.45, 7) is 6.73. The smallest absolute Gasteiger partial charge is 0.247 e. The van der Waals surface area contributed by atoms with Crippen molar-refractivity contribution in [3.63, 3.8) is 0 Å². The molecule has 0 unspecified atom stereocenters. The van der Waals surface area contributed by atoms with Gasteiger partial charge in [0.15, 0.2) is 5.13 Å². The standard InChI is InChI=1S/C19H24N6O2S2/c1-4-24-11-17(14(3)23-24)29(26,27)25-10-6-8-16(25)15-7-5-9-18(21-15)22-19-20-13(2)12-28-19/h5,7,9,11-12,16H,4,6,8,10H2,1-3H3,(H,20,21,22)/t16-/m1/s1. The molecule has 0 spiro atoms. The van der Waals surface area contributed by atoms with Gasteiger partial charge in [0.1, 0.15) is 10.7 Å². The lowest BCUT2D eigenvalue weighted by Crippen LogP contribution is -2.31. The van der Waals surface area contributed by atoms with Crippen LogP contribution in [0.4, 0.5) is 10.9 Å². The molecule has 3 aromatic heterocycles. The first-order chi connectivity index (χ1) is 13.9. The number of rotatable bonds is 6. The second-order valence-corrected chi connectivity index (χ2v) is 9.79. The maximum absolute atomic E-state index is 13.4. The molecule has 10 heteroatoms. The molecule has 4 heterocycles. The molecule has 4 rings (SSSR count). The Morgan fingerprint density at radius 3 is 2.79 bits per heavy atom. The fraction of sp³-hybridized carbons (Fsp3) is 0.421. The van der Waals surface area contributed by atoms with Gasteiger partial charge >= 0.3 is 0 Å². The molecule has 1 atom stereocenters. The van der Waals surface area contributed by atoms with Crippen molar-refractivity contribution in [2.75, 3.05) is 11.9 Å². The van der Waals surface area contributed by atoms with Crippen molar-refractivity contribution in [2.45, 2.75) is 51.1 Å². The lowest BCUT2D eigenvalue weighted by Gasteiger charge is -2.23. The number of pyridine rings is 1. The van der Waals surface area contributed by atoms with E-state index >= 15 is 0 Å². The average molecular weight is 433 g/mol. The Kier molecular flexibility index (Phi) is 5.41.